The Labute approximate surface area is 101 Å². The number of hydrogen-bond acceptors (Lipinski definition) is 4. The van der Waals surface area contributed by atoms with Gasteiger partial charge < -0.3 is 15.5 Å². The first-order chi connectivity index (χ1) is 8.42. The van der Waals surface area contributed by atoms with Gasteiger partial charge in [-0.15, -0.1) is 0 Å². The van der Waals surface area contributed by atoms with Gasteiger partial charge in [-0.25, -0.2) is 4.98 Å². The molecule has 1 aliphatic carbocycles. The highest BCUT2D eigenvalue weighted by Gasteiger charge is 2.31. The molecule has 1 aromatic rings. The fourth-order valence-electron chi connectivity index (χ4n) is 2.92. The van der Waals surface area contributed by atoms with E-state index in [1.807, 2.05) is 0 Å². The molecule has 4 nitrogen and oxygen atoms in total. The average molecular weight is 230 g/mol. The lowest BCUT2D eigenvalue weighted by Crippen LogP contribution is -2.56. The SMILES string of the molecule is c1nc2c(cc1C1CC1)NC[C@H]1CNCCN21. The molecule has 1 atom stereocenters. The number of piperazine rings is 1. The van der Waals surface area contributed by atoms with E-state index >= 15 is 0 Å². The van der Waals surface area contributed by atoms with Crippen molar-refractivity contribution in [3.63, 3.8) is 0 Å². The van der Waals surface area contributed by atoms with Crippen LogP contribution < -0.4 is 15.5 Å². The standard InChI is InChI=1S/C13H18N4/c1-2-9(1)10-5-12-13(16-6-10)17-4-3-14-7-11(17)8-15-12/h5-6,9,11,14-15H,1-4,7-8H2/t11-/m1/s1. The summed E-state index contributed by atoms with van der Waals surface area (Å²) >= 11 is 0. The Hall–Kier alpha value is -1.29. The largest absolute Gasteiger partial charge is 0.380 e. The molecule has 2 aliphatic heterocycles. The van der Waals surface area contributed by atoms with E-state index in [1.54, 1.807) is 0 Å². The first-order valence-corrected chi connectivity index (χ1v) is 6.63. The Morgan fingerprint density at radius 2 is 2.24 bits per heavy atom. The van der Waals surface area contributed by atoms with Crippen LogP contribution >= 0.6 is 0 Å². The Balaban J connectivity index is 1.70. The van der Waals surface area contributed by atoms with Crippen LogP contribution in [-0.2, 0) is 0 Å². The number of aromatic nitrogens is 1. The molecule has 1 saturated heterocycles. The van der Waals surface area contributed by atoms with Crippen molar-refractivity contribution in [2.24, 2.45) is 0 Å². The van der Waals surface area contributed by atoms with Gasteiger partial charge in [0.25, 0.3) is 0 Å². The first kappa shape index (κ1) is 9.71. The molecule has 0 unspecified atom stereocenters. The van der Waals surface area contributed by atoms with Crippen molar-refractivity contribution in [3.05, 3.63) is 17.8 Å². The molecule has 1 saturated carbocycles. The molecule has 3 heterocycles. The molecule has 0 bridgehead atoms. The lowest BCUT2D eigenvalue weighted by atomic mass is 10.1. The van der Waals surface area contributed by atoms with Crippen molar-refractivity contribution in [1.29, 1.82) is 0 Å². The van der Waals surface area contributed by atoms with Gasteiger partial charge in [0.2, 0.25) is 0 Å². The van der Waals surface area contributed by atoms with Gasteiger partial charge in [-0.05, 0) is 30.4 Å². The molecule has 4 heteroatoms. The van der Waals surface area contributed by atoms with E-state index in [0.717, 1.165) is 37.9 Å². The van der Waals surface area contributed by atoms with Gasteiger partial charge in [-0.1, -0.05) is 0 Å². The monoisotopic (exact) mass is 230 g/mol. The topological polar surface area (TPSA) is 40.2 Å². The van der Waals surface area contributed by atoms with E-state index in [4.69, 9.17) is 4.98 Å². The summed E-state index contributed by atoms with van der Waals surface area (Å²) in [5.41, 5.74) is 2.66. The van der Waals surface area contributed by atoms with Crippen LogP contribution in [-0.4, -0.2) is 37.2 Å². The number of nitrogens with zero attached hydrogens (tertiary/aromatic N) is 2. The van der Waals surface area contributed by atoms with E-state index < -0.39 is 0 Å². The van der Waals surface area contributed by atoms with E-state index in [1.165, 1.54) is 24.1 Å². The highest BCUT2D eigenvalue weighted by Crippen LogP contribution is 2.42. The molecular formula is C13H18N4. The molecule has 2 N–H and O–H groups in total. The number of nitrogens with one attached hydrogen (secondary N) is 2. The third-order valence-electron chi connectivity index (χ3n) is 4.09. The van der Waals surface area contributed by atoms with Crippen molar-refractivity contribution >= 4 is 11.5 Å². The van der Waals surface area contributed by atoms with Crippen LogP contribution in [0.4, 0.5) is 11.5 Å². The Kier molecular flexibility index (Phi) is 2.06. The van der Waals surface area contributed by atoms with Gasteiger partial charge in [0.15, 0.2) is 5.82 Å². The summed E-state index contributed by atoms with van der Waals surface area (Å²) in [4.78, 5) is 7.16. The molecule has 0 aromatic carbocycles. The highest BCUT2D eigenvalue weighted by molar-refractivity contribution is 5.70. The minimum absolute atomic E-state index is 0.565. The van der Waals surface area contributed by atoms with Crippen molar-refractivity contribution < 1.29 is 0 Å². The van der Waals surface area contributed by atoms with Crippen LogP contribution in [0.2, 0.25) is 0 Å². The van der Waals surface area contributed by atoms with Crippen LogP contribution in [0.3, 0.4) is 0 Å². The second-order valence-corrected chi connectivity index (χ2v) is 5.35. The summed E-state index contributed by atoms with van der Waals surface area (Å²) in [5, 5.41) is 6.99. The van der Waals surface area contributed by atoms with Gasteiger partial charge in [0.05, 0.1) is 11.7 Å². The number of hydrogen-bond donors (Lipinski definition) is 2. The van der Waals surface area contributed by atoms with E-state index in [0.29, 0.717) is 6.04 Å². The van der Waals surface area contributed by atoms with Crippen LogP contribution in [0.1, 0.15) is 24.3 Å². The molecule has 0 spiro atoms. The zero-order valence-electron chi connectivity index (χ0n) is 9.95. The summed E-state index contributed by atoms with van der Waals surface area (Å²) in [6.07, 6.45) is 4.77. The van der Waals surface area contributed by atoms with Gasteiger partial charge in [-0.2, -0.15) is 0 Å². The fraction of sp³-hybridized carbons (Fsp3) is 0.615. The average Bonchev–Trinajstić information content (AvgIpc) is 3.22. The van der Waals surface area contributed by atoms with Gasteiger partial charge in [0, 0.05) is 32.4 Å². The van der Waals surface area contributed by atoms with Crippen molar-refractivity contribution in [1.82, 2.24) is 10.3 Å². The summed E-state index contributed by atoms with van der Waals surface area (Å²) in [6.45, 7) is 4.26. The lowest BCUT2D eigenvalue weighted by Gasteiger charge is -2.41. The Bertz CT molecular complexity index is 441. The third-order valence-corrected chi connectivity index (χ3v) is 4.09. The smallest absolute Gasteiger partial charge is 0.152 e. The van der Waals surface area contributed by atoms with E-state index in [-0.39, 0.29) is 0 Å². The first-order valence-electron chi connectivity index (χ1n) is 6.63. The molecule has 3 aliphatic rings. The molecule has 0 radical (unpaired) electrons. The predicted octanol–water partition coefficient (Wildman–Crippen LogP) is 1.16. The van der Waals surface area contributed by atoms with Crippen molar-refractivity contribution in [2.45, 2.75) is 24.8 Å². The van der Waals surface area contributed by atoms with Gasteiger partial charge in [-0.3, -0.25) is 0 Å². The second kappa shape index (κ2) is 3.60. The van der Waals surface area contributed by atoms with Gasteiger partial charge >= 0.3 is 0 Å². The maximum Gasteiger partial charge on any atom is 0.152 e. The summed E-state index contributed by atoms with van der Waals surface area (Å²) in [5.74, 6) is 1.95. The maximum absolute atomic E-state index is 4.70. The van der Waals surface area contributed by atoms with E-state index in [9.17, 15) is 0 Å². The van der Waals surface area contributed by atoms with Crippen molar-refractivity contribution in [3.8, 4) is 0 Å². The predicted molar refractivity (Wildman–Crippen MR) is 68.7 cm³/mol. The molecule has 4 rings (SSSR count). The molecular weight excluding hydrogens is 212 g/mol. The minimum atomic E-state index is 0.565. The maximum atomic E-state index is 4.70. The van der Waals surface area contributed by atoms with E-state index in [2.05, 4.69) is 27.8 Å². The molecule has 17 heavy (non-hydrogen) atoms. The van der Waals surface area contributed by atoms with Gasteiger partial charge in [0.1, 0.15) is 0 Å². The number of pyridine rings is 1. The quantitative estimate of drug-likeness (QED) is 0.759. The molecule has 2 fully saturated rings. The number of rotatable bonds is 1. The lowest BCUT2D eigenvalue weighted by molar-refractivity contribution is 0.478. The minimum Gasteiger partial charge on any atom is -0.380 e. The Morgan fingerprint density at radius 3 is 3.12 bits per heavy atom. The summed E-state index contributed by atoms with van der Waals surface area (Å²) in [7, 11) is 0. The highest BCUT2D eigenvalue weighted by atomic mass is 15.3. The molecule has 90 valence electrons. The number of anilines is 2. The molecule has 0 amide bonds. The summed E-state index contributed by atoms with van der Waals surface area (Å²) in [6, 6.07) is 2.88. The number of fused-ring (bicyclic) bond motifs is 3. The fourth-order valence-corrected chi connectivity index (χ4v) is 2.92. The normalized spacial score (nSPS) is 27.1. The van der Waals surface area contributed by atoms with Crippen LogP contribution in [0.25, 0.3) is 0 Å². The van der Waals surface area contributed by atoms with Crippen LogP contribution in [0, 0.1) is 0 Å². The van der Waals surface area contributed by atoms with Crippen LogP contribution in [0.15, 0.2) is 12.3 Å². The third kappa shape index (κ3) is 1.59. The zero-order valence-corrected chi connectivity index (χ0v) is 9.95. The molecule has 1 aromatic heterocycles. The Morgan fingerprint density at radius 1 is 1.29 bits per heavy atom. The second-order valence-electron chi connectivity index (χ2n) is 5.35. The summed E-state index contributed by atoms with van der Waals surface area (Å²) < 4.78 is 0. The van der Waals surface area contributed by atoms with Crippen LogP contribution in [0.5, 0.6) is 0 Å². The van der Waals surface area contributed by atoms with Crippen molar-refractivity contribution in [2.75, 3.05) is 36.4 Å². The zero-order chi connectivity index (χ0) is 11.2.